The number of esters is 1. The number of carbonyl (C=O) groups is 3. The highest BCUT2D eigenvalue weighted by atomic mass is 32.1. The number of thiazole rings is 2. The number of amides is 2. The molecule has 0 bridgehead atoms. The van der Waals surface area contributed by atoms with E-state index in [4.69, 9.17) is 19.2 Å². The summed E-state index contributed by atoms with van der Waals surface area (Å²) >= 11 is 2.94. The van der Waals surface area contributed by atoms with E-state index in [1.165, 1.54) is 29.8 Å². The van der Waals surface area contributed by atoms with Gasteiger partial charge in [0.1, 0.15) is 11.4 Å². The molecule has 2 aromatic heterocycles. The Kier molecular flexibility index (Phi) is 12.4. The van der Waals surface area contributed by atoms with Crippen LogP contribution < -0.4 is 15.0 Å². The molecule has 5 aromatic rings. The molecule has 2 amide bonds. The van der Waals surface area contributed by atoms with Crippen LogP contribution in [-0.2, 0) is 28.9 Å². The first kappa shape index (κ1) is 41.3. The monoisotopic (exact) mass is 845 g/mol. The predicted octanol–water partition coefficient (Wildman–Crippen LogP) is 9.39. The van der Waals surface area contributed by atoms with Crippen LogP contribution in [0.1, 0.15) is 95.3 Å². The van der Waals surface area contributed by atoms with E-state index < -0.39 is 11.6 Å². The molecule has 3 aromatic carbocycles. The first-order valence-corrected chi connectivity index (χ1v) is 22.5. The summed E-state index contributed by atoms with van der Waals surface area (Å²) in [7, 11) is 1.37. The number of aromatic nitrogens is 2. The molecule has 1 N–H and O–H groups in total. The predicted molar refractivity (Wildman–Crippen MR) is 236 cm³/mol. The van der Waals surface area contributed by atoms with E-state index >= 15 is 0 Å². The zero-order chi connectivity index (χ0) is 41.8. The van der Waals surface area contributed by atoms with Gasteiger partial charge in [-0.3, -0.25) is 10.1 Å². The summed E-state index contributed by atoms with van der Waals surface area (Å²) in [4.78, 5) is 53.0. The summed E-state index contributed by atoms with van der Waals surface area (Å²) in [6.07, 6.45) is 6.18. The van der Waals surface area contributed by atoms with Crippen molar-refractivity contribution in [3.8, 4) is 17.6 Å². The molecule has 0 unspecified atom stereocenters. The molecular weight excluding hydrogens is 795 g/mol. The van der Waals surface area contributed by atoms with Gasteiger partial charge in [0.15, 0.2) is 16.0 Å². The van der Waals surface area contributed by atoms with Gasteiger partial charge in [-0.2, -0.15) is 0 Å². The Balaban J connectivity index is 0.809. The first-order chi connectivity index (χ1) is 29.0. The van der Waals surface area contributed by atoms with Gasteiger partial charge in [-0.15, -0.1) is 11.3 Å². The van der Waals surface area contributed by atoms with E-state index in [2.05, 4.69) is 33.1 Å². The highest BCUT2D eigenvalue weighted by Crippen LogP contribution is 2.43. The average molecular weight is 846 g/mol. The summed E-state index contributed by atoms with van der Waals surface area (Å²) in [6, 6.07) is 21.6. The van der Waals surface area contributed by atoms with Crippen molar-refractivity contribution < 1.29 is 28.6 Å². The lowest BCUT2D eigenvalue weighted by Gasteiger charge is -2.42. The van der Waals surface area contributed by atoms with Crippen LogP contribution in [0.5, 0.6) is 5.75 Å². The SMILES string of the molecule is COC(=O)c1nc(N2CCc3cccc(C(=O)Nc4nc5ccccc5s4)c3C2)sc1CCCOc1ccc(C#CC2CC(C3CCN(C(=O)OC(C)(C)C)CC3)C2)cc1. The number of piperidine rings is 1. The standard InChI is InChI=1S/C47H51N5O6S2/c1-47(2,3)58-46(55)51-23-20-32(21-24-51)34-27-31(28-34)15-14-30-16-18-35(19-17-30)57-26-8-13-40-41(43(54)56-4)49-45(60-40)52-25-22-33-9-7-10-36(37(33)29-52)42(53)50-44-48-38-11-5-6-12-39(38)59-44/h5-7,9-12,16-19,31-32,34H,8,13,20-29H2,1-4H3,(H,48,50,53). The van der Waals surface area contributed by atoms with Crippen molar-refractivity contribution in [2.24, 2.45) is 17.8 Å². The zero-order valence-corrected chi connectivity index (χ0v) is 36.3. The van der Waals surface area contributed by atoms with Crippen molar-refractivity contribution in [1.29, 1.82) is 0 Å². The van der Waals surface area contributed by atoms with E-state index in [1.807, 2.05) is 86.3 Å². The van der Waals surface area contributed by atoms with Crippen molar-refractivity contribution >= 4 is 61.1 Å². The number of hydrogen-bond acceptors (Lipinski definition) is 11. The van der Waals surface area contributed by atoms with Gasteiger partial charge in [-0.25, -0.2) is 19.6 Å². The number of carbonyl (C=O) groups excluding carboxylic acids is 3. The number of para-hydroxylation sites is 1. The average Bonchev–Trinajstić information content (AvgIpc) is 3.85. The summed E-state index contributed by atoms with van der Waals surface area (Å²) in [6.45, 7) is 8.95. The largest absolute Gasteiger partial charge is 0.494 e. The number of nitrogens with one attached hydrogen (secondary N) is 1. The molecule has 2 aliphatic heterocycles. The van der Waals surface area contributed by atoms with Crippen molar-refractivity contribution in [3.63, 3.8) is 0 Å². The third-order valence-corrected chi connectivity index (χ3v) is 13.6. The number of hydrogen-bond donors (Lipinski definition) is 1. The summed E-state index contributed by atoms with van der Waals surface area (Å²) in [5.41, 5.74) is 4.38. The fourth-order valence-corrected chi connectivity index (χ4v) is 10.2. The van der Waals surface area contributed by atoms with Crippen LogP contribution in [0.3, 0.4) is 0 Å². The van der Waals surface area contributed by atoms with E-state index in [1.54, 1.807) is 0 Å². The fourth-order valence-electron chi connectivity index (χ4n) is 8.23. The summed E-state index contributed by atoms with van der Waals surface area (Å²) < 4.78 is 17.8. The van der Waals surface area contributed by atoms with Gasteiger partial charge in [0.25, 0.3) is 5.91 Å². The molecule has 312 valence electrons. The molecular formula is C47H51N5O6S2. The molecule has 0 atom stereocenters. The Hall–Kier alpha value is -5.45. The van der Waals surface area contributed by atoms with E-state index in [0.29, 0.717) is 66.7 Å². The number of likely N-dealkylation sites (tertiary alicyclic amines) is 1. The third kappa shape index (κ3) is 9.77. The number of rotatable bonds is 10. The zero-order valence-electron chi connectivity index (χ0n) is 34.6. The van der Waals surface area contributed by atoms with Gasteiger partial charge < -0.3 is 24.0 Å². The van der Waals surface area contributed by atoms with Gasteiger partial charge in [0, 0.05) is 48.1 Å². The Morgan fingerprint density at radius 2 is 1.70 bits per heavy atom. The number of anilines is 2. The van der Waals surface area contributed by atoms with Crippen molar-refractivity contribution in [2.75, 3.05) is 43.6 Å². The van der Waals surface area contributed by atoms with Crippen molar-refractivity contribution in [3.05, 3.63) is 99.6 Å². The molecule has 0 spiro atoms. The number of ether oxygens (including phenoxy) is 3. The van der Waals surface area contributed by atoms with Gasteiger partial charge >= 0.3 is 12.1 Å². The quantitative estimate of drug-likeness (QED) is 0.0833. The topological polar surface area (TPSA) is 123 Å². The second-order valence-corrected chi connectivity index (χ2v) is 18.9. The molecule has 11 nitrogen and oxygen atoms in total. The molecule has 4 heterocycles. The molecule has 1 aliphatic carbocycles. The number of methoxy groups -OCH3 is 1. The maximum atomic E-state index is 13.6. The summed E-state index contributed by atoms with van der Waals surface area (Å²) in [5.74, 6) is 8.72. The van der Waals surface area contributed by atoms with Crippen LogP contribution in [-0.4, -0.2) is 71.8 Å². The van der Waals surface area contributed by atoms with Crippen LogP contribution in [0.2, 0.25) is 0 Å². The van der Waals surface area contributed by atoms with E-state index in [-0.39, 0.29) is 12.0 Å². The van der Waals surface area contributed by atoms with Crippen LogP contribution in [0.25, 0.3) is 10.2 Å². The summed E-state index contributed by atoms with van der Waals surface area (Å²) in [5, 5.41) is 4.30. The Bertz CT molecular complexity index is 2380. The molecule has 2 fully saturated rings. The van der Waals surface area contributed by atoms with Gasteiger partial charge in [0.2, 0.25) is 0 Å². The molecule has 0 radical (unpaired) electrons. The minimum Gasteiger partial charge on any atom is -0.494 e. The van der Waals surface area contributed by atoms with E-state index in [0.717, 1.165) is 87.9 Å². The number of nitrogens with zero attached hydrogens (tertiary/aromatic N) is 4. The van der Waals surface area contributed by atoms with Crippen molar-refractivity contribution in [1.82, 2.24) is 14.9 Å². The number of benzene rings is 3. The second-order valence-electron chi connectivity index (χ2n) is 16.8. The smallest absolute Gasteiger partial charge is 0.410 e. The fraction of sp³-hybridized carbons (Fsp3) is 0.426. The lowest BCUT2D eigenvalue weighted by atomic mass is 9.66. The van der Waals surface area contributed by atoms with Crippen molar-refractivity contribution in [2.45, 2.75) is 77.9 Å². The van der Waals surface area contributed by atoms with Gasteiger partial charge in [-0.1, -0.05) is 47.4 Å². The highest BCUT2D eigenvalue weighted by molar-refractivity contribution is 7.22. The van der Waals surface area contributed by atoms with Gasteiger partial charge in [-0.05, 0) is 131 Å². The molecule has 1 saturated carbocycles. The number of aryl methyl sites for hydroxylation is 1. The minimum atomic E-state index is -0.464. The lowest BCUT2D eigenvalue weighted by molar-refractivity contribution is 0.0115. The molecule has 8 rings (SSSR count). The minimum absolute atomic E-state index is 0.195. The third-order valence-electron chi connectivity index (χ3n) is 11.5. The Morgan fingerprint density at radius 1 is 0.917 bits per heavy atom. The first-order valence-electron chi connectivity index (χ1n) is 20.8. The van der Waals surface area contributed by atoms with Crippen LogP contribution in [0.15, 0.2) is 66.7 Å². The Morgan fingerprint density at radius 3 is 2.45 bits per heavy atom. The van der Waals surface area contributed by atoms with E-state index in [9.17, 15) is 14.4 Å². The second kappa shape index (κ2) is 18.0. The maximum absolute atomic E-state index is 13.6. The molecule has 3 aliphatic rings. The number of fused-ring (bicyclic) bond motifs is 2. The van der Waals surface area contributed by atoms with Gasteiger partial charge in [0.05, 0.1) is 23.9 Å². The lowest BCUT2D eigenvalue weighted by Crippen LogP contribution is -2.44. The normalized spacial score (nSPS) is 17.9. The Labute approximate surface area is 359 Å². The van der Waals surface area contributed by atoms with Crippen LogP contribution in [0.4, 0.5) is 15.1 Å². The molecule has 13 heteroatoms. The highest BCUT2D eigenvalue weighted by Gasteiger charge is 2.37. The molecule has 1 saturated heterocycles. The van der Waals surface area contributed by atoms with Crippen LogP contribution >= 0.6 is 22.7 Å². The van der Waals surface area contributed by atoms with Crippen LogP contribution in [0, 0.1) is 29.6 Å². The molecule has 60 heavy (non-hydrogen) atoms. The maximum Gasteiger partial charge on any atom is 0.410 e.